The third-order valence-electron chi connectivity index (χ3n) is 6.78. The average Bonchev–Trinajstić information content (AvgIpc) is 3.09. The molecule has 0 heterocycles. The molecule has 0 bridgehead atoms. The van der Waals surface area contributed by atoms with Gasteiger partial charge in [-0.2, -0.15) is 0 Å². The van der Waals surface area contributed by atoms with Crippen molar-refractivity contribution in [1.29, 1.82) is 0 Å². The highest BCUT2D eigenvalue weighted by Gasteiger charge is 2.23. The molecular formula is C36H27ClN4O5S. The Morgan fingerprint density at radius 3 is 1.96 bits per heavy atom. The van der Waals surface area contributed by atoms with Crippen molar-refractivity contribution in [3.63, 3.8) is 0 Å². The molecule has 5 aromatic rings. The zero-order valence-electron chi connectivity index (χ0n) is 24.6. The van der Waals surface area contributed by atoms with E-state index in [4.69, 9.17) is 11.6 Å². The number of amides is 3. The average molecular weight is 663 g/mol. The molecule has 5 rings (SSSR count). The van der Waals surface area contributed by atoms with Gasteiger partial charge in [-0.25, -0.2) is 0 Å². The minimum atomic E-state index is -0.683. The second-order valence-electron chi connectivity index (χ2n) is 10.1. The van der Waals surface area contributed by atoms with Gasteiger partial charge in [-0.1, -0.05) is 72.3 Å². The van der Waals surface area contributed by atoms with E-state index < -0.39 is 22.0 Å². The van der Waals surface area contributed by atoms with Gasteiger partial charge < -0.3 is 16.0 Å². The Hall–Kier alpha value is -5.71. The Morgan fingerprint density at radius 1 is 0.723 bits per heavy atom. The SMILES string of the molecule is O=C(Nc1ccc(SC(C(=O)Nc2ccc(Cl)cc2)c2ccccc2)cc1)/C(=C/c1ccccc1[N+](=O)[O-])NC(=O)c1ccccc1. The van der Waals surface area contributed by atoms with E-state index in [1.165, 1.54) is 36.0 Å². The number of carbonyl (C=O) groups excluding carboxylic acids is 3. The number of carbonyl (C=O) groups is 3. The lowest BCUT2D eigenvalue weighted by Gasteiger charge is -2.17. The molecule has 0 aromatic heterocycles. The summed E-state index contributed by atoms with van der Waals surface area (Å²) >= 11 is 7.32. The second-order valence-corrected chi connectivity index (χ2v) is 11.7. The number of nitrogens with one attached hydrogen (secondary N) is 3. The number of anilines is 2. The number of benzene rings is 5. The number of hydrogen-bond donors (Lipinski definition) is 3. The lowest BCUT2D eigenvalue weighted by molar-refractivity contribution is -0.385. The Morgan fingerprint density at radius 2 is 1.30 bits per heavy atom. The number of hydrogen-bond acceptors (Lipinski definition) is 6. The minimum absolute atomic E-state index is 0.145. The predicted octanol–water partition coefficient (Wildman–Crippen LogP) is 8.13. The summed E-state index contributed by atoms with van der Waals surface area (Å²) < 4.78 is 0. The number of halogens is 1. The first kappa shape index (κ1) is 32.7. The molecule has 5 aromatic carbocycles. The van der Waals surface area contributed by atoms with Gasteiger partial charge in [0.25, 0.3) is 17.5 Å². The highest BCUT2D eigenvalue weighted by Crippen LogP contribution is 2.37. The van der Waals surface area contributed by atoms with Crippen LogP contribution >= 0.6 is 23.4 Å². The fourth-order valence-electron chi connectivity index (χ4n) is 4.47. The number of thioether (sulfide) groups is 1. The molecule has 1 unspecified atom stereocenters. The molecule has 0 fully saturated rings. The van der Waals surface area contributed by atoms with Crippen LogP contribution in [0.2, 0.25) is 5.02 Å². The standard InChI is InChI=1S/C36H27ClN4O5S/c37-27-15-17-28(18-16-27)39-36(44)33(24-9-3-1-4-10-24)47-30-21-19-29(20-22-30)38-35(43)31(40-34(42)25-11-5-2-6-12-25)23-26-13-7-8-14-32(26)41(45)46/h1-23,33H,(H,38,43)(H,39,44)(H,40,42)/b31-23-. The van der Waals surface area contributed by atoms with Crippen molar-refractivity contribution in [2.24, 2.45) is 0 Å². The summed E-state index contributed by atoms with van der Waals surface area (Å²) in [5.41, 5.74) is 1.87. The molecule has 9 nitrogen and oxygen atoms in total. The monoisotopic (exact) mass is 662 g/mol. The number of rotatable bonds is 11. The zero-order chi connectivity index (χ0) is 33.2. The molecular weight excluding hydrogens is 636 g/mol. The van der Waals surface area contributed by atoms with E-state index in [0.717, 1.165) is 10.5 Å². The van der Waals surface area contributed by atoms with Crippen molar-refractivity contribution in [3.8, 4) is 0 Å². The number of nitrogens with zero attached hydrogens (tertiary/aromatic N) is 1. The topological polar surface area (TPSA) is 130 Å². The molecule has 0 saturated carbocycles. The van der Waals surface area contributed by atoms with Crippen LogP contribution in [0.1, 0.15) is 26.7 Å². The van der Waals surface area contributed by atoms with Crippen molar-refractivity contribution in [1.82, 2.24) is 5.32 Å². The van der Waals surface area contributed by atoms with Gasteiger partial charge >= 0.3 is 0 Å². The van der Waals surface area contributed by atoms with Gasteiger partial charge in [0, 0.05) is 32.9 Å². The maximum Gasteiger partial charge on any atom is 0.276 e. The van der Waals surface area contributed by atoms with E-state index in [-0.39, 0.29) is 22.9 Å². The number of nitro benzene ring substituents is 1. The molecule has 11 heteroatoms. The van der Waals surface area contributed by atoms with Crippen LogP contribution in [0.3, 0.4) is 0 Å². The van der Waals surface area contributed by atoms with E-state index in [0.29, 0.717) is 22.0 Å². The predicted molar refractivity (Wildman–Crippen MR) is 185 cm³/mol. The molecule has 0 aliphatic rings. The highest BCUT2D eigenvalue weighted by atomic mass is 35.5. The number of nitro groups is 1. The van der Waals surface area contributed by atoms with E-state index in [2.05, 4.69) is 16.0 Å². The molecule has 234 valence electrons. The fourth-order valence-corrected chi connectivity index (χ4v) is 5.62. The fraction of sp³-hybridized carbons (Fsp3) is 0.0278. The molecule has 1 atom stereocenters. The molecule has 0 spiro atoms. The third-order valence-corrected chi connectivity index (χ3v) is 8.30. The van der Waals surface area contributed by atoms with E-state index >= 15 is 0 Å². The highest BCUT2D eigenvalue weighted by molar-refractivity contribution is 8.00. The minimum Gasteiger partial charge on any atom is -0.325 e. The smallest absolute Gasteiger partial charge is 0.276 e. The van der Waals surface area contributed by atoms with Crippen molar-refractivity contribution in [2.45, 2.75) is 10.1 Å². The van der Waals surface area contributed by atoms with E-state index in [9.17, 15) is 24.5 Å². The van der Waals surface area contributed by atoms with Gasteiger partial charge in [-0.3, -0.25) is 24.5 Å². The lowest BCUT2D eigenvalue weighted by Crippen LogP contribution is -2.30. The van der Waals surface area contributed by atoms with Crippen LogP contribution in [0.5, 0.6) is 0 Å². The first-order chi connectivity index (χ1) is 22.8. The van der Waals surface area contributed by atoms with Crippen LogP contribution in [0, 0.1) is 10.1 Å². The molecule has 0 aliphatic heterocycles. The molecule has 47 heavy (non-hydrogen) atoms. The van der Waals surface area contributed by atoms with Gasteiger partial charge in [-0.05, 0) is 78.4 Å². The summed E-state index contributed by atoms with van der Waals surface area (Å²) in [4.78, 5) is 51.6. The van der Waals surface area contributed by atoms with E-state index in [1.807, 2.05) is 30.3 Å². The molecule has 3 amide bonds. The Balaban J connectivity index is 1.35. The maximum absolute atomic E-state index is 13.5. The quantitative estimate of drug-likeness (QED) is 0.0567. The van der Waals surface area contributed by atoms with Crippen LogP contribution in [0.15, 0.2) is 144 Å². The summed E-state index contributed by atoms with van der Waals surface area (Å²) in [6, 6.07) is 37.3. The molecule has 3 N–H and O–H groups in total. The van der Waals surface area contributed by atoms with Crippen LogP contribution < -0.4 is 16.0 Å². The Bertz CT molecular complexity index is 1920. The first-order valence-corrected chi connectivity index (χ1v) is 15.5. The van der Waals surface area contributed by atoms with Crippen LogP contribution in [0.25, 0.3) is 6.08 Å². The summed E-state index contributed by atoms with van der Waals surface area (Å²) in [7, 11) is 0. The third kappa shape index (κ3) is 8.94. The normalized spacial score (nSPS) is 11.6. The Kier molecular flexibility index (Phi) is 10.8. The Labute approximate surface area is 279 Å². The van der Waals surface area contributed by atoms with Gasteiger partial charge in [0.15, 0.2) is 0 Å². The van der Waals surface area contributed by atoms with Crippen molar-refractivity contribution < 1.29 is 19.3 Å². The zero-order valence-corrected chi connectivity index (χ0v) is 26.2. The summed E-state index contributed by atoms with van der Waals surface area (Å²) in [6.07, 6.45) is 1.27. The van der Waals surface area contributed by atoms with Gasteiger partial charge in [-0.15, -0.1) is 11.8 Å². The van der Waals surface area contributed by atoms with Crippen molar-refractivity contribution >= 4 is 64.2 Å². The van der Waals surface area contributed by atoms with Crippen molar-refractivity contribution in [3.05, 3.63) is 171 Å². The first-order valence-electron chi connectivity index (χ1n) is 14.3. The van der Waals surface area contributed by atoms with Gasteiger partial charge in [0.1, 0.15) is 10.9 Å². The van der Waals surface area contributed by atoms with E-state index in [1.54, 1.807) is 84.9 Å². The number of para-hydroxylation sites is 1. The van der Waals surface area contributed by atoms with Crippen LogP contribution in [-0.4, -0.2) is 22.6 Å². The molecule has 0 radical (unpaired) electrons. The molecule has 0 saturated heterocycles. The van der Waals surface area contributed by atoms with Gasteiger partial charge in [0.2, 0.25) is 5.91 Å². The lowest BCUT2D eigenvalue weighted by atomic mass is 10.1. The maximum atomic E-state index is 13.5. The summed E-state index contributed by atoms with van der Waals surface area (Å²) in [5.74, 6) is -1.46. The van der Waals surface area contributed by atoms with Crippen LogP contribution in [-0.2, 0) is 9.59 Å². The summed E-state index contributed by atoms with van der Waals surface area (Å²) in [6.45, 7) is 0. The largest absolute Gasteiger partial charge is 0.325 e. The summed E-state index contributed by atoms with van der Waals surface area (Å²) in [5, 5.41) is 19.9. The van der Waals surface area contributed by atoms with Gasteiger partial charge in [0.05, 0.1) is 10.5 Å². The van der Waals surface area contributed by atoms with Crippen molar-refractivity contribution in [2.75, 3.05) is 10.6 Å². The molecule has 0 aliphatic carbocycles. The second kappa shape index (κ2) is 15.5. The van der Waals surface area contributed by atoms with Crippen LogP contribution in [0.4, 0.5) is 17.1 Å².